The zero-order valence-corrected chi connectivity index (χ0v) is 37.4. The predicted molar refractivity (Wildman–Crippen MR) is 237 cm³/mol. The van der Waals surface area contributed by atoms with Gasteiger partial charge in [-0.3, -0.25) is 9.59 Å². The first kappa shape index (κ1) is 54.7. The number of nitrogens with zero attached hydrogens (tertiary/aromatic N) is 1. The number of carbonyl (C=O) groups excluding carboxylic acids is 3. The second kappa shape index (κ2) is 40.5. The number of esters is 2. The normalized spacial score (nSPS) is 13.6. The van der Waals surface area contributed by atoms with Gasteiger partial charge in [-0.05, 0) is 83.5 Å². The number of unbranched alkanes of at least 4 members (excludes halogenated alkanes) is 13. The van der Waals surface area contributed by atoms with Gasteiger partial charge in [0.05, 0.1) is 40.3 Å². The van der Waals surface area contributed by atoms with Gasteiger partial charge in [0, 0.05) is 12.8 Å². The minimum absolute atomic E-state index is 0.136. The van der Waals surface area contributed by atoms with E-state index in [-0.39, 0.29) is 38.6 Å². The molecular formula is C49H83NO8. The summed E-state index contributed by atoms with van der Waals surface area (Å²) >= 11 is 0. The Morgan fingerprint density at radius 1 is 0.534 bits per heavy atom. The molecule has 0 aromatic carbocycles. The van der Waals surface area contributed by atoms with E-state index >= 15 is 0 Å². The maximum absolute atomic E-state index is 12.7. The van der Waals surface area contributed by atoms with E-state index in [4.69, 9.17) is 18.9 Å². The molecule has 0 fully saturated rings. The van der Waals surface area contributed by atoms with E-state index < -0.39 is 24.3 Å². The lowest BCUT2D eigenvalue weighted by Crippen LogP contribution is -2.44. The van der Waals surface area contributed by atoms with Gasteiger partial charge in [-0.2, -0.15) is 0 Å². The lowest BCUT2D eigenvalue weighted by atomic mass is 10.1. The molecule has 9 heteroatoms. The van der Waals surface area contributed by atoms with Gasteiger partial charge in [0.2, 0.25) is 0 Å². The average Bonchev–Trinajstić information content (AvgIpc) is 3.18. The fourth-order valence-corrected chi connectivity index (χ4v) is 5.67. The Morgan fingerprint density at radius 3 is 1.50 bits per heavy atom. The summed E-state index contributed by atoms with van der Waals surface area (Å²) < 4.78 is 22.5. The minimum Gasteiger partial charge on any atom is -0.545 e. The molecule has 58 heavy (non-hydrogen) atoms. The van der Waals surface area contributed by atoms with Crippen LogP contribution in [-0.4, -0.2) is 82.3 Å². The first-order valence-corrected chi connectivity index (χ1v) is 22.6. The fraction of sp³-hybridized carbons (Fsp3) is 0.694. The molecule has 0 N–H and O–H groups in total. The summed E-state index contributed by atoms with van der Waals surface area (Å²) in [5, 5.41) is 11.7. The molecule has 0 aliphatic rings. The van der Waals surface area contributed by atoms with Gasteiger partial charge in [0.25, 0.3) is 0 Å². The predicted octanol–water partition coefficient (Wildman–Crippen LogP) is 10.6. The van der Waals surface area contributed by atoms with Crippen LogP contribution in [0.15, 0.2) is 72.9 Å². The van der Waals surface area contributed by atoms with Crippen molar-refractivity contribution in [3.63, 3.8) is 0 Å². The topological polar surface area (TPSA) is 111 Å². The zero-order chi connectivity index (χ0) is 42.8. The Morgan fingerprint density at radius 2 is 0.983 bits per heavy atom. The molecule has 0 rings (SSSR count). The lowest BCUT2D eigenvalue weighted by molar-refractivity contribution is -0.870. The Labute approximate surface area is 354 Å². The first-order valence-electron chi connectivity index (χ1n) is 22.6. The molecule has 332 valence electrons. The van der Waals surface area contributed by atoms with E-state index in [1.807, 2.05) is 21.1 Å². The number of allylic oxidation sites excluding steroid dienone is 12. The van der Waals surface area contributed by atoms with Gasteiger partial charge in [-0.1, -0.05) is 138 Å². The van der Waals surface area contributed by atoms with Crippen molar-refractivity contribution in [3.05, 3.63) is 72.9 Å². The molecule has 0 bridgehead atoms. The number of carbonyl (C=O) groups is 3. The summed E-state index contributed by atoms with van der Waals surface area (Å²) in [6.45, 7) is 4.54. The van der Waals surface area contributed by atoms with Gasteiger partial charge in [0.15, 0.2) is 12.4 Å². The van der Waals surface area contributed by atoms with Crippen LogP contribution < -0.4 is 5.11 Å². The number of likely N-dealkylation sites (N-methyl/N-ethyl adjacent to an activating group) is 1. The van der Waals surface area contributed by atoms with Gasteiger partial charge in [0.1, 0.15) is 13.2 Å². The molecule has 0 aliphatic carbocycles. The second-order valence-corrected chi connectivity index (χ2v) is 16.0. The standard InChI is InChI=1S/C49H83NO8/c1-6-8-10-12-14-16-18-20-22-23-24-25-26-28-30-32-34-36-38-40-47(52)58-45(44-57-49(48(53)54)55-42-41-50(3,4)5)43-56-46(51)39-37-35-33-31-29-27-21-19-17-15-13-11-9-7-2/h8,10,14,16,19-22,24-25,28,30,45,49H,6-7,9,11-13,15,17-18,23,26-27,29,31-44H2,1-5H3/b10-8-,16-14-,21-19-,22-20-,25-24-,30-28-. The largest absolute Gasteiger partial charge is 0.545 e. The van der Waals surface area contributed by atoms with Crippen molar-refractivity contribution >= 4 is 17.9 Å². The molecule has 0 heterocycles. The van der Waals surface area contributed by atoms with Crippen LogP contribution in [0.1, 0.15) is 162 Å². The fourth-order valence-electron chi connectivity index (χ4n) is 5.67. The van der Waals surface area contributed by atoms with Gasteiger partial charge < -0.3 is 33.3 Å². The van der Waals surface area contributed by atoms with E-state index in [2.05, 4.69) is 86.8 Å². The molecule has 0 radical (unpaired) electrons. The van der Waals surface area contributed by atoms with Crippen LogP contribution in [0.2, 0.25) is 0 Å². The quantitative estimate of drug-likeness (QED) is 0.0198. The Balaban J connectivity index is 4.53. The number of carboxylic acid groups (broad SMARTS) is 1. The van der Waals surface area contributed by atoms with Gasteiger partial charge in [-0.15, -0.1) is 0 Å². The third-order valence-corrected chi connectivity index (χ3v) is 9.19. The second-order valence-electron chi connectivity index (χ2n) is 16.0. The summed E-state index contributed by atoms with van der Waals surface area (Å²) in [7, 11) is 5.88. The molecule has 0 spiro atoms. The smallest absolute Gasteiger partial charge is 0.306 e. The third-order valence-electron chi connectivity index (χ3n) is 9.19. The summed E-state index contributed by atoms with van der Waals surface area (Å²) in [6, 6.07) is 0. The van der Waals surface area contributed by atoms with Crippen molar-refractivity contribution in [3.8, 4) is 0 Å². The van der Waals surface area contributed by atoms with Crippen molar-refractivity contribution in [1.29, 1.82) is 0 Å². The SMILES string of the molecule is CC/C=C\C/C=C\C/C=C\C/C=C\C/C=C\CCCCCC(=O)OC(COC(=O)CCCCCCC/C=C\CCCCCCC)COC(OCC[N+](C)(C)C)C(=O)[O-]. The molecule has 2 atom stereocenters. The van der Waals surface area contributed by atoms with Crippen LogP contribution in [0.5, 0.6) is 0 Å². The summed E-state index contributed by atoms with van der Waals surface area (Å²) in [5.41, 5.74) is 0. The number of rotatable bonds is 40. The Kier molecular flexibility index (Phi) is 38.2. The first-order chi connectivity index (χ1) is 28.1. The van der Waals surface area contributed by atoms with Crippen molar-refractivity contribution in [2.45, 2.75) is 174 Å². The zero-order valence-electron chi connectivity index (χ0n) is 37.4. The van der Waals surface area contributed by atoms with E-state index in [0.717, 1.165) is 89.9 Å². The highest BCUT2D eigenvalue weighted by atomic mass is 16.7. The third kappa shape index (κ3) is 40.9. The highest BCUT2D eigenvalue weighted by molar-refractivity contribution is 5.70. The van der Waals surface area contributed by atoms with Crippen LogP contribution in [0.25, 0.3) is 0 Å². The highest BCUT2D eigenvalue weighted by Crippen LogP contribution is 2.12. The van der Waals surface area contributed by atoms with Gasteiger partial charge in [-0.25, -0.2) is 0 Å². The molecule has 9 nitrogen and oxygen atoms in total. The van der Waals surface area contributed by atoms with E-state index in [9.17, 15) is 19.5 Å². The number of hydrogen-bond acceptors (Lipinski definition) is 8. The molecule has 0 amide bonds. The molecule has 0 saturated carbocycles. The Hall–Kier alpha value is -3.27. The van der Waals surface area contributed by atoms with Crippen LogP contribution in [0.4, 0.5) is 0 Å². The highest BCUT2D eigenvalue weighted by Gasteiger charge is 2.21. The van der Waals surface area contributed by atoms with Crippen molar-refractivity contribution in [2.75, 3.05) is 47.5 Å². The van der Waals surface area contributed by atoms with E-state index in [1.165, 1.54) is 38.5 Å². The van der Waals surface area contributed by atoms with Crippen LogP contribution >= 0.6 is 0 Å². The number of ether oxygens (including phenoxy) is 4. The number of quaternary nitrogens is 1. The number of carboxylic acids is 1. The summed E-state index contributed by atoms with van der Waals surface area (Å²) in [6.07, 6.45) is 46.4. The van der Waals surface area contributed by atoms with E-state index in [1.54, 1.807) is 0 Å². The summed E-state index contributed by atoms with van der Waals surface area (Å²) in [4.78, 5) is 37.0. The minimum atomic E-state index is -1.63. The maximum Gasteiger partial charge on any atom is 0.306 e. The van der Waals surface area contributed by atoms with Crippen LogP contribution in [0.3, 0.4) is 0 Å². The molecule has 0 aliphatic heterocycles. The van der Waals surface area contributed by atoms with E-state index in [0.29, 0.717) is 17.4 Å². The van der Waals surface area contributed by atoms with Gasteiger partial charge >= 0.3 is 11.9 Å². The van der Waals surface area contributed by atoms with Crippen LogP contribution in [-0.2, 0) is 33.3 Å². The molecule has 0 aromatic rings. The van der Waals surface area contributed by atoms with Crippen molar-refractivity contribution in [2.24, 2.45) is 0 Å². The maximum atomic E-state index is 12.7. The Bertz CT molecular complexity index is 1180. The monoisotopic (exact) mass is 814 g/mol. The van der Waals surface area contributed by atoms with Crippen molar-refractivity contribution < 1.29 is 42.9 Å². The molecular weight excluding hydrogens is 731 g/mol. The van der Waals surface area contributed by atoms with Crippen LogP contribution in [0, 0.1) is 0 Å². The average molecular weight is 814 g/mol. The number of aliphatic carboxylic acids is 1. The number of hydrogen-bond donors (Lipinski definition) is 0. The lowest BCUT2D eigenvalue weighted by Gasteiger charge is -2.26. The molecule has 2 unspecified atom stereocenters. The van der Waals surface area contributed by atoms with Crippen molar-refractivity contribution in [1.82, 2.24) is 0 Å². The molecule has 0 aromatic heterocycles. The molecule has 0 saturated heterocycles. The summed E-state index contributed by atoms with van der Waals surface area (Å²) in [5.74, 6) is -2.35.